The van der Waals surface area contributed by atoms with E-state index in [0.717, 1.165) is 35.0 Å². The van der Waals surface area contributed by atoms with Crippen LogP contribution in [-0.4, -0.2) is 52.8 Å². The normalized spacial score (nSPS) is 17.5. The molecule has 1 aliphatic rings. The third kappa shape index (κ3) is 4.44. The van der Waals surface area contributed by atoms with Crippen LogP contribution in [0.2, 0.25) is 0 Å². The van der Waals surface area contributed by atoms with Crippen LogP contribution in [0.5, 0.6) is 0 Å². The lowest BCUT2D eigenvalue weighted by Gasteiger charge is -2.23. The number of amides is 1. The zero-order valence-electron chi connectivity index (χ0n) is 18.9. The molecule has 1 amide bonds. The average Bonchev–Trinajstić information content (AvgIpc) is 3.26. The number of imidazole rings is 1. The number of hydrogen-bond acceptors (Lipinski definition) is 5. The first kappa shape index (κ1) is 21.5. The van der Waals surface area contributed by atoms with Gasteiger partial charge in [-0.3, -0.25) is 18.8 Å². The second-order valence-electron chi connectivity index (χ2n) is 8.83. The molecule has 172 valence electrons. The Kier molecular flexibility index (Phi) is 5.78. The number of furan rings is 1. The fourth-order valence-electron chi connectivity index (χ4n) is 4.67. The van der Waals surface area contributed by atoms with Crippen molar-refractivity contribution in [3.05, 3.63) is 64.8 Å². The first-order chi connectivity index (χ1) is 16.0. The number of carbonyl (C=O) groups is 1. The van der Waals surface area contributed by atoms with E-state index in [1.807, 2.05) is 24.3 Å². The number of rotatable bonds is 5. The van der Waals surface area contributed by atoms with Gasteiger partial charge in [0, 0.05) is 38.3 Å². The molecule has 4 aromatic rings. The van der Waals surface area contributed by atoms with Gasteiger partial charge in [-0.25, -0.2) is 4.79 Å². The summed E-state index contributed by atoms with van der Waals surface area (Å²) < 4.78 is 14.5. The topological polar surface area (TPSA) is 81.6 Å². The maximum absolute atomic E-state index is 12.8. The third-order valence-corrected chi connectivity index (χ3v) is 6.39. The molecule has 33 heavy (non-hydrogen) atoms. The molecule has 2 aromatic heterocycles. The van der Waals surface area contributed by atoms with Gasteiger partial charge in [-0.05, 0) is 48.2 Å². The molecular formula is C25H28N4O4. The van der Waals surface area contributed by atoms with Gasteiger partial charge in [-0.1, -0.05) is 12.1 Å². The van der Waals surface area contributed by atoms with Gasteiger partial charge in [-0.2, -0.15) is 0 Å². The SMILES string of the molecule is Cn1c(=O)n(C)c2cc(NC(=O)CN3CCOC[C@H](Cc4ccc5ccoc5c4)C3)ccc21. The number of carbonyl (C=O) groups excluding carboxylic acids is 1. The van der Waals surface area contributed by atoms with Crippen molar-refractivity contribution < 1.29 is 13.9 Å². The van der Waals surface area contributed by atoms with Crippen molar-refractivity contribution >= 4 is 33.6 Å². The van der Waals surface area contributed by atoms with Crippen molar-refractivity contribution in [1.82, 2.24) is 14.0 Å². The number of aryl methyl sites for hydroxylation is 2. The van der Waals surface area contributed by atoms with Crippen LogP contribution in [0.1, 0.15) is 5.56 Å². The van der Waals surface area contributed by atoms with E-state index in [1.165, 1.54) is 5.56 Å². The smallest absolute Gasteiger partial charge is 0.328 e. The van der Waals surface area contributed by atoms with Crippen LogP contribution >= 0.6 is 0 Å². The average molecular weight is 449 g/mol. The lowest BCUT2D eigenvalue weighted by Crippen LogP contribution is -2.37. The largest absolute Gasteiger partial charge is 0.464 e. The van der Waals surface area contributed by atoms with E-state index in [2.05, 4.69) is 28.4 Å². The summed E-state index contributed by atoms with van der Waals surface area (Å²) in [6.45, 7) is 3.08. The number of nitrogens with one attached hydrogen (secondary N) is 1. The minimum Gasteiger partial charge on any atom is -0.464 e. The number of ether oxygens (including phenoxy) is 1. The zero-order valence-corrected chi connectivity index (χ0v) is 18.9. The number of benzene rings is 2. The number of nitrogens with zero attached hydrogens (tertiary/aromatic N) is 3. The Balaban J connectivity index is 1.23. The van der Waals surface area contributed by atoms with Crippen LogP contribution in [0, 0.1) is 5.92 Å². The summed E-state index contributed by atoms with van der Waals surface area (Å²) in [5.41, 5.74) is 4.32. The van der Waals surface area contributed by atoms with Gasteiger partial charge >= 0.3 is 5.69 Å². The highest BCUT2D eigenvalue weighted by molar-refractivity contribution is 5.94. The summed E-state index contributed by atoms with van der Waals surface area (Å²) >= 11 is 0. The Morgan fingerprint density at radius 3 is 2.82 bits per heavy atom. The minimum atomic E-state index is -0.0877. The van der Waals surface area contributed by atoms with Crippen molar-refractivity contribution in [3.8, 4) is 0 Å². The van der Waals surface area contributed by atoms with E-state index in [-0.39, 0.29) is 11.6 Å². The van der Waals surface area contributed by atoms with E-state index in [1.54, 1.807) is 29.5 Å². The molecule has 8 heteroatoms. The van der Waals surface area contributed by atoms with Gasteiger partial charge in [0.05, 0.1) is 37.1 Å². The monoisotopic (exact) mass is 448 g/mol. The summed E-state index contributed by atoms with van der Waals surface area (Å²) in [5, 5.41) is 4.08. The van der Waals surface area contributed by atoms with E-state index in [4.69, 9.17) is 9.15 Å². The van der Waals surface area contributed by atoms with Crippen LogP contribution in [0.25, 0.3) is 22.0 Å². The molecule has 0 spiro atoms. The molecule has 1 aliphatic heterocycles. The summed E-state index contributed by atoms with van der Waals surface area (Å²) in [4.78, 5) is 27.1. The second kappa shape index (κ2) is 8.88. The van der Waals surface area contributed by atoms with E-state index in [0.29, 0.717) is 37.9 Å². The fraction of sp³-hybridized carbons (Fsp3) is 0.360. The van der Waals surface area contributed by atoms with Crippen LogP contribution in [0.3, 0.4) is 0 Å². The van der Waals surface area contributed by atoms with Crippen molar-refractivity contribution in [2.24, 2.45) is 20.0 Å². The van der Waals surface area contributed by atoms with Gasteiger partial charge in [-0.15, -0.1) is 0 Å². The minimum absolute atomic E-state index is 0.0760. The summed E-state index contributed by atoms with van der Waals surface area (Å²) in [6.07, 6.45) is 2.58. The highest BCUT2D eigenvalue weighted by Gasteiger charge is 2.21. The zero-order chi connectivity index (χ0) is 22.9. The van der Waals surface area contributed by atoms with Crippen molar-refractivity contribution in [2.75, 3.05) is 38.2 Å². The van der Waals surface area contributed by atoms with Gasteiger partial charge in [0.2, 0.25) is 5.91 Å². The quantitative estimate of drug-likeness (QED) is 0.508. The predicted molar refractivity (Wildman–Crippen MR) is 127 cm³/mol. The molecule has 0 unspecified atom stereocenters. The Hall–Kier alpha value is -3.36. The lowest BCUT2D eigenvalue weighted by molar-refractivity contribution is -0.117. The highest BCUT2D eigenvalue weighted by atomic mass is 16.5. The van der Waals surface area contributed by atoms with Gasteiger partial charge < -0.3 is 14.5 Å². The molecule has 0 saturated carbocycles. The molecule has 5 rings (SSSR count). The molecular weight excluding hydrogens is 420 g/mol. The molecule has 0 radical (unpaired) electrons. The van der Waals surface area contributed by atoms with E-state index < -0.39 is 0 Å². The lowest BCUT2D eigenvalue weighted by atomic mass is 9.99. The number of hydrogen-bond donors (Lipinski definition) is 1. The Morgan fingerprint density at radius 1 is 1.09 bits per heavy atom. The number of fused-ring (bicyclic) bond motifs is 2. The number of aromatic nitrogens is 2. The van der Waals surface area contributed by atoms with Crippen LogP contribution < -0.4 is 11.0 Å². The first-order valence-corrected chi connectivity index (χ1v) is 11.2. The predicted octanol–water partition coefficient (Wildman–Crippen LogP) is 2.75. The summed E-state index contributed by atoms with van der Waals surface area (Å²) in [7, 11) is 3.48. The van der Waals surface area contributed by atoms with Gasteiger partial charge in [0.25, 0.3) is 0 Å². The Labute approximate surface area is 191 Å². The van der Waals surface area contributed by atoms with Gasteiger partial charge in [0.1, 0.15) is 5.58 Å². The van der Waals surface area contributed by atoms with E-state index in [9.17, 15) is 9.59 Å². The van der Waals surface area contributed by atoms with Gasteiger partial charge in [0.15, 0.2) is 0 Å². The van der Waals surface area contributed by atoms with Crippen LogP contribution in [0.4, 0.5) is 5.69 Å². The van der Waals surface area contributed by atoms with Crippen LogP contribution in [-0.2, 0) is 30.0 Å². The Bertz CT molecular complexity index is 1370. The molecule has 1 saturated heterocycles. The standard InChI is InChI=1S/C25H28N4O4/c1-27-21-6-5-20(13-22(21)28(2)25(27)31)26-24(30)15-29-8-10-32-16-18(14-29)11-17-3-4-19-7-9-33-23(19)12-17/h3-7,9,12-13,18H,8,10-11,14-16H2,1-2H3,(H,26,30)/t18-/m1/s1. The molecule has 0 aliphatic carbocycles. The molecule has 3 heterocycles. The van der Waals surface area contributed by atoms with E-state index >= 15 is 0 Å². The Morgan fingerprint density at radius 2 is 1.94 bits per heavy atom. The van der Waals surface area contributed by atoms with Crippen molar-refractivity contribution in [1.29, 1.82) is 0 Å². The molecule has 1 atom stereocenters. The summed E-state index contributed by atoms with van der Waals surface area (Å²) in [6, 6.07) is 13.8. The van der Waals surface area contributed by atoms with Crippen molar-refractivity contribution in [3.63, 3.8) is 0 Å². The number of anilines is 1. The second-order valence-corrected chi connectivity index (χ2v) is 8.83. The molecule has 2 aromatic carbocycles. The molecule has 8 nitrogen and oxygen atoms in total. The molecule has 1 fully saturated rings. The van der Waals surface area contributed by atoms with Crippen LogP contribution in [0.15, 0.2) is 57.9 Å². The maximum Gasteiger partial charge on any atom is 0.328 e. The summed E-state index contributed by atoms with van der Waals surface area (Å²) in [5.74, 6) is 0.218. The highest BCUT2D eigenvalue weighted by Crippen LogP contribution is 2.21. The van der Waals surface area contributed by atoms with Crippen molar-refractivity contribution in [2.45, 2.75) is 6.42 Å². The third-order valence-electron chi connectivity index (χ3n) is 6.39. The molecule has 0 bridgehead atoms. The first-order valence-electron chi connectivity index (χ1n) is 11.2. The maximum atomic E-state index is 12.8. The molecule has 1 N–H and O–H groups in total. The fourth-order valence-corrected chi connectivity index (χ4v) is 4.67.